The van der Waals surface area contributed by atoms with E-state index in [4.69, 9.17) is 16.3 Å². The summed E-state index contributed by atoms with van der Waals surface area (Å²) in [6.07, 6.45) is 3.89. The van der Waals surface area contributed by atoms with Gasteiger partial charge in [0.15, 0.2) is 5.69 Å². The Kier molecular flexibility index (Phi) is 2.68. The lowest BCUT2D eigenvalue weighted by atomic mass is 10.2. The van der Waals surface area contributed by atoms with E-state index in [9.17, 15) is 0 Å². The lowest BCUT2D eigenvalue weighted by Gasteiger charge is -1.98. The van der Waals surface area contributed by atoms with Gasteiger partial charge >= 0.3 is 0 Å². The number of rotatable bonds is 2. The predicted molar refractivity (Wildman–Crippen MR) is 71.0 cm³/mol. The molecule has 4 heteroatoms. The molecule has 0 aliphatic carbocycles. The van der Waals surface area contributed by atoms with E-state index < -0.39 is 0 Å². The lowest BCUT2D eigenvalue weighted by molar-refractivity contribution is -0.509. The van der Waals surface area contributed by atoms with Gasteiger partial charge < -0.3 is 4.74 Å². The Morgan fingerprint density at radius 1 is 1.06 bits per heavy atom. The number of imidazole rings is 1. The first-order chi connectivity index (χ1) is 8.76. The van der Waals surface area contributed by atoms with Gasteiger partial charge in [0.2, 0.25) is 0 Å². The van der Waals surface area contributed by atoms with Crippen LogP contribution in [0.4, 0.5) is 0 Å². The van der Waals surface area contributed by atoms with E-state index in [1.54, 1.807) is 7.11 Å². The molecule has 0 aliphatic heterocycles. The van der Waals surface area contributed by atoms with E-state index in [0.29, 0.717) is 5.02 Å². The number of hydrogen-bond donors (Lipinski definition) is 1. The topological polar surface area (TPSA) is 29.1 Å². The molecule has 3 aromatic rings. The van der Waals surface area contributed by atoms with E-state index >= 15 is 0 Å². The molecule has 0 saturated carbocycles. The standard InChI is InChI=1S/C14H11ClN2O/c1-18-12-5-2-10(3-6-12)13-9-17-8-11(15)4-7-14(17)16-13/h2-9H,1H3/p+1. The molecule has 0 saturated heterocycles. The third-order valence-corrected chi connectivity index (χ3v) is 3.10. The number of benzene rings is 1. The normalized spacial score (nSPS) is 10.8. The second kappa shape index (κ2) is 4.35. The van der Waals surface area contributed by atoms with Gasteiger partial charge in [0.1, 0.15) is 18.1 Å². The van der Waals surface area contributed by atoms with Gasteiger partial charge in [-0.05, 0) is 30.3 Å². The number of aromatic nitrogens is 2. The van der Waals surface area contributed by atoms with E-state index in [2.05, 4.69) is 4.98 Å². The van der Waals surface area contributed by atoms with Crippen LogP contribution in [-0.4, -0.2) is 12.1 Å². The molecule has 0 unspecified atom stereocenters. The summed E-state index contributed by atoms with van der Waals surface area (Å²) in [5.41, 5.74) is 3.15. The van der Waals surface area contributed by atoms with Gasteiger partial charge in [0.25, 0.3) is 5.65 Å². The highest BCUT2D eigenvalue weighted by molar-refractivity contribution is 6.30. The molecule has 1 aromatic carbocycles. The summed E-state index contributed by atoms with van der Waals surface area (Å²) in [7, 11) is 1.66. The minimum atomic E-state index is 0.716. The molecule has 0 fully saturated rings. The third kappa shape index (κ3) is 1.93. The van der Waals surface area contributed by atoms with Gasteiger partial charge in [-0.15, -0.1) is 0 Å². The maximum Gasteiger partial charge on any atom is 0.284 e. The lowest BCUT2D eigenvalue weighted by Crippen LogP contribution is -2.16. The Balaban J connectivity index is 2.07. The Morgan fingerprint density at radius 2 is 1.83 bits per heavy atom. The summed E-state index contributed by atoms with van der Waals surface area (Å²) in [6, 6.07) is 11.7. The molecule has 90 valence electrons. The highest BCUT2D eigenvalue weighted by atomic mass is 35.5. The van der Waals surface area contributed by atoms with Crippen molar-refractivity contribution in [3.63, 3.8) is 0 Å². The molecule has 2 aromatic heterocycles. The number of H-pyrrole nitrogens is 1. The number of nitrogens with zero attached hydrogens (tertiary/aromatic N) is 1. The largest absolute Gasteiger partial charge is 0.497 e. The number of hydrogen-bond acceptors (Lipinski definition) is 1. The molecule has 3 nitrogen and oxygen atoms in total. The van der Waals surface area contributed by atoms with Crippen LogP contribution in [-0.2, 0) is 0 Å². The van der Waals surface area contributed by atoms with Crippen LogP contribution in [0.3, 0.4) is 0 Å². The van der Waals surface area contributed by atoms with Gasteiger partial charge in [0.05, 0.1) is 12.1 Å². The van der Waals surface area contributed by atoms with Crippen LogP contribution in [0.1, 0.15) is 0 Å². The number of nitrogens with one attached hydrogen (secondary N) is 1. The zero-order valence-corrected chi connectivity index (χ0v) is 10.6. The van der Waals surface area contributed by atoms with Crippen LogP contribution in [0.2, 0.25) is 5.02 Å². The van der Waals surface area contributed by atoms with Crippen LogP contribution in [0, 0.1) is 0 Å². The molecule has 0 bridgehead atoms. The van der Waals surface area contributed by atoms with Crippen molar-refractivity contribution in [3.8, 4) is 17.0 Å². The fourth-order valence-electron chi connectivity index (χ4n) is 1.93. The second-order valence-electron chi connectivity index (χ2n) is 4.04. The molecule has 2 heterocycles. The fourth-order valence-corrected chi connectivity index (χ4v) is 2.10. The van der Waals surface area contributed by atoms with Crippen molar-refractivity contribution in [3.05, 3.63) is 53.8 Å². The first-order valence-corrected chi connectivity index (χ1v) is 5.98. The van der Waals surface area contributed by atoms with E-state index in [1.807, 2.05) is 53.2 Å². The number of halogens is 1. The minimum absolute atomic E-state index is 0.716. The van der Waals surface area contributed by atoms with Gasteiger partial charge in [-0.1, -0.05) is 11.6 Å². The SMILES string of the molecule is COc1ccc(-c2c[n+]3cc(Cl)ccc3[nH]2)cc1. The van der Waals surface area contributed by atoms with Crippen LogP contribution in [0.15, 0.2) is 48.8 Å². The molecule has 0 amide bonds. The van der Waals surface area contributed by atoms with Crippen molar-refractivity contribution in [2.24, 2.45) is 0 Å². The highest BCUT2D eigenvalue weighted by Crippen LogP contribution is 2.20. The van der Waals surface area contributed by atoms with E-state index in [-0.39, 0.29) is 0 Å². The number of pyridine rings is 1. The molecule has 0 atom stereocenters. The number of fused-ring (bicyclic) bond motifs is 1. The molecule has 1 N–H and O–H groups in total. The average Bonchev–Trinajstić information content (AvgIpc) is 2.81. The van der Waals surface area contributed by atoms with Gasteiger partial charge in [0, 0.05) is 11.6 Å². The van der Waals surface area contributed by atoms with E-state index in [1.165, 1.54) is 0 Å². The van der Waals surface area contributed by atoms with Gasteiger partial charge in [-0.25, -0.2) is 9.38 Å². The second-order valence-corrected chi connectivity index (χ2v) is 4.47. The summed E-state index contributed by atoms with van der Waals surface area (Å²) < 4.78 is 7.12. The maximum absolute atomic E-state index is 5.96. The third-order valence-electron chi connectivity index (χ3n) is 2.87. The van der Waals surface area contributed by atoms with E-state index in [0.717, 1.165) is 22.7 Å². The molecule has 0 spiro atoms. The minimum Gasteiger partial charge on any atom is -0.497 e. The molecule has 0 aliphatic rings. The quantitative estimate of drug-likeness (QED) is 0.704. The Labute approximate surface area is 110 Å². The molecule has 3 rings (SSSR count). The maximum atomic E-state index is 5.96. The summed E-state index contributed by atoms with van der Waals surface area (Å²) in [4.78, 5) is 3.34. The van der Waals surface area contributed by atoms with Gasteiger partial charge in [-0.2, -0.15) is 0 Å². The van der Waals surface area contributed by atoms with Crippen molar-refractivity contribution in [2.45, 2.75) is 0 Å². The Morgan fingerprint density at radius 3 is 2.56 bits per heavy atom. The molecule has 0 radical (unpaired) electrons. The van der Waals surface area contributed by atoms with Crippen molar-refractivity contribution >= 4 is 17.2 Å². The number of methoxy groups -OCH3 is 1. The predicted octanol–water partition coefficient (Wildman–Crippen LogP) is 3.08. The number of ether oxygens (including phenoxy) is 1. The Bertz CT molecular complexity index is 689. The van der Waals surface area contributed by atoms with Crippen molar-refractivity contribution in [1.29, 1.82) is 0 Å². The summed E-state index contributed by atoms with van der Waals surface area (Å²) >= 11 is 5.96. The smallest absolute Gasteiger partial charge is 0.284 e. The van der Waals surface area contributed by atoms with Crippen LogP contribution >= 0.6 is 11.6 Å². The van der Waals surface area contributed by atoms with Crippen LogP contribution < -0.4 is 9.14 Å². The van der Waals surface area contributed by atoms with Crippen LogP contribution in [0.5, 0.6) is 5.75 Å². The summed E-state index contributed by atoms with van der Waals surface area (Å²) in [5, 5.41) is 0.716. The summed E-state index contributed by atoms with van der Waals surface area (Å²) in [5.74, 6) is 0.852. The molecular formula is C14H12ClN2O+. The van der Waals surface area contributed by atoms with Gasteiger partial charge in [-0.3, -0.25) is 0 Å². The number of aromatic amines is 1. The van der Waals surface area contributed by atoms with Crippen molar-refractivity contribution in [2.75, 3.05) is 7.11 Å². The monoisotopic (exact) mass is 259 g/mol. The van der Waals surface area contributed by atoms with Crippen molar-refractivity contribution < 1.29 is 9.14 Å². The molecule has 18 heavy (non-hydrogen) atoms. The highest BCUT2D eigenvalue weighted by Gasteiger charge is 2.10. The average molecular weight is 260 g/mol. The Hall–Kier alpha value is -2.00. The van der Waals surface area contributed by atoms with Crippen molar-refractivity contribution in [1.82, 2.24) is 4.98 Å². The zero-order valence-electron chi connectivity index (χ0n) is 9.85. The molecular weight excluding hydrogens is 248 g/mol. The fraction of sp³-hybridized carbons (Fsp3) is 0.0714. The van der Waals surface area contributed by atoms with Crippen LogP contribution in [0.25, 0.3) is 16.9 Å². The summed E-state index contributed by atoms with van der Waals surface area (Å²) in [6.45, 7) is 0. The first kappa shape index (κ1) is 11.1. The zero-order chi connectivity index (χ0) is 12.5. The first-order valence-electron chi connectivity index (χ1n) is 5.60.